The van der Waals surface area contributed by atoms with E-state index in [1.807, 2.05) is 77.3 Å². The second-order valence-corrected chi connectivity index (χ2v) is 8.11. The summed E-state index contributed by atoms with van der Waals surface area (Å²) in [5.41, 5.74) is 1.96. The smallest absolute Gasteiger partial charge is 0.191 e. The van der Waals surface area contributed by atoms with Crippen LogP contribution < -0.4 is 20.1 Å². The van der Waals surface area contributed by atoms with Crippen molar-refractivity contribution in [2.45, 2.75) is 39.0 Å². The number of rotatable bonds is 11. The van der Waals surface area contributed by atoms with Gasteiger partial charge in [0, 0.05) is 13.1 Å². The van der Waals surface area contributed by atoms with Crippen molar-refractivity contribution in [1.29, 1.82) is 0 Å². The molecule has 0 aliphatic heterocycles. The fourth-order valence-corrected chi connectivity index (χ4v) is 3.29. The molecule has 0 fully saturated rings. The first-order valence-corrected chi connectivity index (χ1v) is 11.1. The largest absolute Gasteiger partial charge is 0.497 e. The van der Waals surface area contributed by atoms with Gasteiger partial charge in [-0.05, 0) is 70.3 Å². The van der Waals surface area contributed by atoms with Crippen LogP contribution in [-0.4, -0.2) is 62.9 Å². The minimum absolute atomic E-state index is 0. The SMILES string of the molecule is CCNC(=NCC(c1cccc(OC)c1)N(C)C)NCC(O)c1ccc(OC(C)C)cc1.I. The van der Waals surface area contributed by atoms with Crippen molar-refractivity contribution in [2.24, 2.45) is 4.99 Å². The van der Waals surface area contributed by atoms with E-state index in [9.17, 15) is 5.11 Å². The van der Waals surface area contributed by atoms with E-state index in [-0.39, 0.29) is 36.1 Å². The molecule has 2 aromatic carbocycles. The van der Waals surface area contributed by atoms with Crippen LogP contribution in [0.4, 0.5) is 0 Å². The highest BCUT2D eigenvalue weighted by Crippen LogP contribution is 2.23. The molecule has 0 aromatic heterocycles. The highest BCUT2D eigenvalue weighted by Gasteiger charge is 2.15. The highest BCUT2D eigenvalue weighted by atomic mass is 127. The van der Waals surface area contributed by atoms with Gasteiger partial charge in [-0.15, -0.1) is 24.0 Å². The number of ether oxygens (including phenoxy) is 2. The third-order valence-corrected chi connectivity index (χ3v) is 4.97. The van der Waals surface area contributed by atoms with Gasteiger partial charge in [-0.2, -0.15) is 0 Å². The molecule has 0 aliphatic carbocycles. The van der Waals surface area contributed by atoms with Crippen LogP contribution >= 0.6 is 24.0 Å². The topological polar surface area (TPSA) is 78.4 Å². The zero-order chi connectivity index (χ0) is 23.5. The van der Waals surface area contributed by atoms with Crippen molar-refractivity contribution in [3.05, 3.63) is 59.7 Å². The van der Waals surface area contributed by atoms with E-state index in [1.54, 1.807) is 7.11 Å². The molecule has 2 unspecified atom stereocenters. The monoisotopic (exact) mass is 570 g/mol. The Labute approximate surface area is 215 Å². The van der Waals surface area contributed by atoms with Gasteiger partial charge in [-0.1, -0.05) is 24.3 Å². The van der Waals surface area contributed by atoms with Gasteiger partial charge >= 0.3 is 0 Å². The second-order valence-electron chi connectivity index (χ2n) is 8.11. The average Bonchev–Trinajstić information content (AvgIpc) is 2.77. The highest BCUT2D eigenvalue weighted by molar-refractivity contribution is 14.0. The van der Waals surface area contributed by atoms with Crippen LogP contribution in [0.25, 0.3) is 0 Å². The minimum Gasteiger partial charge on any atom is -0.497 e. The summed E-state index contributed by atoms with van der Waals surface area (Å²) >= 11 is 0. The van der Waals surface area contributed by atoms with Crippen LogP contribution in [0.15, 0.2) is 53.5 Å². The quantitative estimate of drug-likeness (QED) is 0.216. The Morgan fingerprint density at radius 1 is 1.03 bits per heavy atom. The first-order chi connectivity index (χ1) is 15.3. The molecule has 2 aromatic rings. The van der Waals surface area contributed by atoms with Crippen LogP contribution in [-0.2, 0) is 0 Å². The molecule has 0 radical (unpaired) electrons. The molecule has 2 atom stereocenters. The van der Waals surface area contributed by atoms with Gasteiger partial charge in [-0.3, -0.25) is 4.99 Å². The fourth-order valence-electron chi connectivity index (χ4n) is 3.29. The summed E-state index contributed by atoms with van der Waals surface area (Å²) in [6.45, 7) is 7.64. The van der Waals surface area contributed by atoms with Gasteiger partial charge in [0.15, 0.2) is 5.96 Å². The molecule has 33 heavy (non-hydrogen) atoms. The predicted molar refractivity (Wildman–Crippen MR) is 146 cm³/mol. The normalized spacial score (nSPS) is 13.3. The summed E-state index contributed by atoms with van der Waals surface area (Å²) in [6.07, 6.45) is -0.538. The second kappa shape index (κ2) is 15.0. The van der Waals surface area contributed by atoms with E-state index in [1.165, 1.54) is 0 Å². The average molecular weight is 571 g/mol. The minimum atomic E-state index is -0.657. The summed E-state index contributed by atoms with van der Waals surface area (Å²) in [6, 6.07) is 15.7. The van der Waals surface area contributed by atoms with Crippen molar-refractivity contribution < 1.29 is 14.6 Å². The number of likely N-dealkylation sites (N-methyl/N-ethyl adjacent to an activating group) is 1. The molecule has 0 saturated heterocycles. The summed E-state index contributed by atoms with van der Waals surface area (Å²) < 4.78 is 11.0. The summed E-state index contributed by atoms with van der Waals surface area (Å²) in [4.78, 5) is 6.90. The van der Waals surface area contributed by atoms with Crippen molar-refractivity contribution in [1.82, 2.24) is 15.5 Å². The predicted octanol–water partition coefficient (Wildman–Crippen LogP) is 3.99. The summed E-state index contributed by atoms with van der Waals surface area (Å²) in [5.74, 6) is 2.29. The number of guanidine groups is 1. The lowest BCUT2D eigenvalue weighted by Crippen LogP contribution is -2.40. The van der Waals surface area contributed by atoms with Crippen LogP contribution in [0.3, 0.4) is 0 Å². The Balaban J connectivity index is 0.00000544. The molecule has 7 nitrogen and oxygen atoms in total. The number of aliphatic hydroxyl groups is 1. The van der Waals surface area contributed by atoms with Gasteiger partial charge in [-0.25, -0.2) is 0 Å². The third-order valence-electron chi connectivity index (χ3n) is 4.97. The Kier molecular flexibility index (Phi) is 13.2. The number of nitrogens with one attached hydrogen (secondary N) is 2. The Morgan fingerprint density at radius 3 is 2.30 bits per heavy atom. The Bertz CT molecular complexity index is 844. The number of halogens is 1. The molecule has 0 heterocycles. The molecule has 3 N–H and O–H groups in total. The number of hydrogen-bond acceptors (Lipinski definition) is 5. The van der Waals surface area contributed by atoms with Gasteiger partial charge < -0.3 is 30.1 Å². The lowest BCUT2D eigenvalue weighted by Gasteiger charge is -2.24. The van der Waals surface area contributed by atoms with Crippen LogP contribution in [0, 0.1) is 0 Å². The van der Waals surface area contributed by atoms with E-state index < -0.39 is 6.10 Å². The molecule has 0 amide bonds. The maximum Gasteiger partial charge on any atom is 0.191 e. The van der Waals surface area contributed by atoms with E-state index in [0.717, 1.165) is 29.2 Å². The summed E-state index contributed by atoms with van der Waals surface area (Å²) in [7, 11) is 5.75. The molecule has 0 spiro atoms. The summed E-state index contributed by atoms with van der Waals surface area (Å²) in [5, 5.41) is 17.1. The molecule has 184 valence electrons. The Hall–Kier alpha value is -2.04. The van der Waals surface area contributed by atoms with Crippen molar-refractivity contribution in [2.75, 3.05) is 40.8 Å². The maximum absolute atomic E-state index is 10.6. The zero-order valence-electron chi connectivity index (χ0n) is 20.5. The van der Waals surface area contributed by atoms with Crippen LogP contribution in [0.5, 0.6) is 11.5 Å². The standard InChI is InChI=1S/C25H38N4O3.HI/c1-7-26-25(27-16-23(29(4)5)20-9-8-10-22(15-20)31-6)28-17-24(30)19-11-13-21(14-12-19)32-18(2)3;/h8-15,18,23-24,30H,7,16-17H2,1-6H3,(H2,26,27,28);1H. The first-order valence-electron chi connectivity index (χ1n) is 11.1. The maximum atomic E-state index is 10.6. The molecular weight excluding hydrogens is 531 g/mol. The number of hydrogen-bond donors (Lipinski definition) is 3. The van der Waals surface area contributed by atoms with E-state index in [2.05, 4.69) is 21.6 Å². The van der Waals surface area contributed by atoms with Crippen molar-refractivity contribution >= 4 is 29.9 Å². The van der Waals surface area contributed by atoms with Crippen molar-refractivity contribution in [3.8, 4) is 11.5 Å². The van der Waals surface area contributed by atoms with Crippen molar-refractivity contribution in [3.63, 3.8) is 0 Å². The van der Waals surface area contributed by atoms with Crippen LogP contribution in [0.2, 0.25) is 0 Å². The molecule has 0 aliphatic rings. The number of aliphatic hydroxyl groups excluding tert-OH is 1. The lowest BCUT2D eigenvalue weighted by molar-refractivity contribution is 0.180. The molecule has 8 heteroatoms. The molecule has 0 saturated carbocycles. The van der Waals surface area contributed by atoms with E-state index >= 15 is 0 Å². The van der Waals surface area contributed by atoms with E-state index in [0.29, 0.717) is 19.0 Å². The molecule has 2 rings (SSSR count). The number of benzene rings is 2. The van der Waals surface area contributed by atoms with Gasteiger partial charge in [0.1, 0.15) is 11.5 Å². The van der Waals surface area contributed by atoms with Gasteiger partial charge in [0.25, 0.3) is 0 Å². The van der Waals surface area contributed by atoms with Crippen LogP contribution in [0.1, 0.15) is 44.0 Å². The first kappa shape index (κ1) is 29.0. The lowest BCUT2D eigenvalue weighted by atomic mass is 10.1. The third kappa shape index (κ3) is 9.77. The molecular formula is C25H39IN4O3. The number of methoxy groups -OCH3 is 1. The zero-order valence-corrected chi connectivity index (χ0v) is 22.9. The van der Waals surface area contributed by atoms with Gasteiger partial charge in [0.05, 0.1) is 31.9 Å². The van der Waals surface area contributed by atoms with E-state index in [4.69, 9.17) is 14.5 Å². The number of aliphatic imine (C=N–C) groups is 1. The van der Waals surface area contributed by atoms with Gasteiger partial charge in [0.2, 0.25) is 0 Å². The number of nitrogens with zero attached hydrogens (tertiary/aromatic N) is 2. The molecule has 0 bridgehead atoms. The fraction of sp³-hybridized carbons (Fsp3) is 0.480. The Morgan fingerprint density at radius 2 is 1.73 bits per heavy atom.